The van der Waals surface area contributed by atoms with E-state index in [1.54, 1.807) is 31.2 Å². The Hall–Kier alpha value is -2.23. The summed E-state index contributed by atoms with van der Waals surface area (Å²) in [6.45, 7) is 2.84. The standard InChI is InChI=1S/C17H17N3O4S2/c1-11-13(6-9-24-11)16(21)19-17-18-14-5-4-12(10-15(14)25-17)26(22,23)20-7-2-3-8-20/h4-6,9-10H,2-3,7-8H2,1H3,(H,18,19,21). The van der Waals surface area contributed by atoms with Crippen molar-refractivity contribution in [2.24, 2.45) is 0 Å². The molecule has 1 aliphatic rings. The fraction of sp³-hybridized carbons (Fsp3) is 0.294. The number of thiazole rings is 1. The normalized spacial score (nSPS) is 15.6. The highest BCUT2D eigenvalue weighted by molar-refractivity contribution is 7.89. The molecule has 3 aromatic rings. The van der Waals surface area contributed by atoms with Crippen molar-refractivity contribution in [3.63, 3.8) is 0 Å². The van der Waals surface area contributed by atoms with Crippen LogP contribution in [0.1, 0.15) is 29.0 Å². The Morgan fingerprint density at radius 2 is 2.04 bits per heavy atom. The first kappa shape index (κ1) is 17.2. The number of aromatic nitrogens is 1. The quantitative estimate of drug-likeness (QED) is 0.737. The molecule has 4 rings (SSSR count). The molecule has 2 aromatic heterocycles. The van der Waals surface area contributed by atoms with Gasteiger partial charge in [0, 0.05) is 13.1 Å². The second-order valence-electron chi connectivity index (χ2n) is 6.10. The van der Waals surface area contributed by atoms with E-state index in [9.17, 15) is 13.2 Å². The van der Waals surface area contributed by atoms with Crippen molar-refractivity contribution >= 4 is 42.6 Å². The van der Waals surface area contributed by atoms with E-state index in [4.69, 9.17) is 4.42 Å². The maximum atomic E-state index is 12.7. The predicted molar refractivity (Wildman–Crippen MR) is 99.0 cm³/mol. The van der Waals surface area contributed by atoms with Crippen molar-refractivity contribution in [3.8, 4) is 0 Å². The van der Waals surface area contributed by atoms with Gasteiger partial charge in [0.1, 0.15) is 5.76 Å². The summed E-state index contributed by atoms with van der Waals surface area (Å²) in [5.74, 6) is 0.225. The minimum absolute atomic E-state index is 0.263. The monoisotopic (exact) mass is 391 g/mol. The molecule has 0 saturated carbocycles. The molecule has 9 heteroatoms. The van der Waals surface area contributed by atoms with E-state index in [1.165, 1.54) is 21.9 Å². The number of sulfonamides is 1. The molecule has 1 amide bonds. The number of hydrogen-bond acceptors (Lipinski definition) is 6. The van der Waals surface area contributed by atoms with Crippen molar-refractivity contribution in [1.82, 2.24) is 9.29 Å². The number of carbonyl (C=O) groups is 1. The number of anilines is 1. The minimum atomic E-state index is -3.47. The molecule has 7 nitrogen and oxygen atoms in total. The van der Waals surface area contributed by atoms with Gasteiger partial charge in [-0.25, -0.2) is 13.4 Å². The van der Waals surface area contributed by atoms with E-state index in [0.29, 0.717) is 39.8 Å². The molecule has 0 unspecified atom stereocenters. The van der Waals surface area contributed by atoms with Crippen LogP contribution in [-0.4, -0.2) is 36.7 Å². The van der Waals surface area contributed by atoms with Gasteiger partial charge >= 0.3 is 0 Å². The number of rotatable bonds is 4. The van der Waals surface area contributed by atoms with Crippen LogP contribution in [0.3, 0.4) is 0 Å². The third kappa shape index (κ3) is 3.02. The van der Waals surface area contributed by atoms with Gasteiger partial charge in [0.2, 0.25) is 10.0 Å². The maximum absolute atomic E-state index is 12.7. The molecule has 136 valence electrons. The van der Waals surface area contributed by atoms with Gasteiger partial charge in [0.15, 0.2) is 5.13 Å². The van der Waals surface area contributed by atoms with Crippen LogP contribution < -0.4 is 5.32 Å². The zero-order valence-corrected chi connectivity index (χ0v) is 15.7. The highest BCUT2D eigenvalue weighted by Gasteiger charge is 2.27. The summed E-state index contributed by atoms with van der Waals surface area (Å²) in [7, 11) is -3.47. The summed E-state index contributed by atoms with van der Waals surface area (Å²) >= 11 is 1.24. The van der Waals surface area contributed by atoms with Crippen molar-refractivity contribution in [2.45, 2.75) is 24.7 Å². The van der Waals surface area contributed by atoms with Crippen LogP contribution in [0, 0.1) is 6.92 Å². The highest BCUT2D eigenvalue weighted by atomic mass is 32.2. The fourth-order valence-corrected chi connectivity index (χ4v) is 5.50. The van der Waals surface area contributed by atoms with Gasteiger partial charge in [-0.2, -0.15) is 4.31 Å². The third-order valence-corrected chi connectivity index (χ3v) is 7.21. The molecular weight excluding hydrogens is 374 g/mol. The van der Waals surface area contributed by atoms with Crippen molar-refractivity contribution < 1.29 is 17.6 Å². The molecule has 0 aliphatic carbocycles. The number of aryl methyl sites for hydroxylation is 1. The smallest absolute Gasteiger partial charge is 0.260 e. The molecule has 26 heavy (non-hydrogen) atoms. The Morgan fingerprint density at radius 3 is 2.73 bits per heavy atom. The summed E-state index contributed by atoms with van der Waals surface area (Å²) < 4.78 is 32.7. The SMILES string of the molecule is Cc1occc1C(=O)Nc1nc2ccc(S(=O)(=O)N3CCCC3)cc2s1. The van der Waals surface area contributed by atoms with Crippen LogP contribution in [0.2, 0.25) is 0 Å². The third-order valence-electron chi connectivity index (χ3n) is 4.39. The van der Waals surface area contributed by atoms with Gasteiger partial charge in [0.25, 0.3) is 5.91 Å². The van der Waals surface area contributed by atoms with E-state index in [0.717, 1.165) is 12.8 Å². The summed E-state index contributed by atoms with van der Waals surface area (Å²) in [4.78, 5) is 16.9. The molecule has 0 spiro atoms. The summed E-state index contributed by atoms with van der Waals surface area (Å²) in [5, 5.41) is 3.15. The van der Waals surface area contributed by atoms with Crippen LogP contribution in [0.25, 0.3) is 10.2 Å². The van der Waals surface area contributed by atoms with Crippen LogP contribution in [0.4, 0.5) is 5.13 Å². The Bertz CT molecular complexity index is 1080. The molecule has 1 N–H and O–H groups in total. The number of nitrogens with one attached hydrogen (secondary N) is 1. The molecular formula is C17H17N3O4S2. The summed E-state index contributed by atoms with van der Waals surface area (Å²) in [5.41, 5.74) is 1.09. The van der Waals surface area contributed by atoms with Gasteiger partial charge in [-0.1, -0.05) is 11.3 Å². The molecule has 0 atom stereocenters. The molecule has 0 bridgehead atoms. The molecule has 1 fully saturated rings. The first-order valence-electron chi connectivity index (χ1n) is 8.21. The zero-order chi connectivity index (χ0) is 18.3. The number of hydrogen-bond donors (Lipinski definition) is 1. The van der Waals surface area contributed by atoms with E-state index in [-0.39, 0.29) is 10.8 Å². The molecule has 1 aromatic carbocycles. The lowest BCUT2D eigenvalue weighted by atomic mass is 10.2. The van der Waals surface area contributed by atoms with Crippen LogP contribution in [0.15, 0.2) is 39.8 Å². The second kappa shape index (κ2) is 6.49. The molecule has 1 saturated heterocycles. The summed E-state index contributed by atoms with van der Waals surface area (Å²) in [6, 6.07) is 6.47. The lowest BCUT2D eigenvalue weighted by Gasteiger charge is -2.15. The number of amides is 1. The number of nitrogens with zero attached hydrogens (tertiary/aromatic N) is 2. The Labute approximate surface area is 154 Å². The van der Waals surface area contributed by atoms with Crippen LogP contribution in [0.5, 0.6) is 0 Å². The number of benzene rings is 1. The molecule has 0 radical (unpaired) electrons. The van der Waals surface area contributed by atoms with Crippen molar-refractivity contribution in [2.75, 3.05) is 18.4 Å². The summed E-state index contributed by atoms with van der Waals surface area (Å²) in [6.07, 6.45) is 3.25. The lowest BCUT2D eigenvalue weighted by Crippen LogP contribution is -2.27. The number of carbonyl (C=O) groups excluding carboxylic acids is 1. The first-order chi connectivity index (χ1) is 12.4. The second-order valence-corrected chi connectivity index (χ2v) is 9.07. The Kier molecular flexibility index (Phi) is 4.29. The number of furan rings is 1. The largest absolute Gasteiger partial charge is 0.469 e. The van der Waals surface area contributed by atoms with Crippen molar-refractivity contribution in [3.05, 3.63) is 41.9 Å². The zero-order valence-electron chi connectivity index (χ0n) is 14.1. The molecule has 3 heterocycles. The van der Waals surface area contributed by atoms with E-state index in [1.807, 2.05) is 0 Å². The van der Waals surface area contributed by atoms with Gasteiger partial charge < -0.3 is 4.42 Å². The fourth-order valence-electron chi connectivity index (χ4n) is 2.98. The predicted octanol–water partition coefficient (Wildman–Crippen LogP) is 3.23. The molecule has 1 aliphatic heterocycles. The average Bonchev–Trinajstić information content (AvgIpc) is 3.34. The van der Waals surface area contributed by atoms with Crippen LogP contribution in [-0.2, 0) is 10.0 Å². The van der Waals surface area contributed by atoms with E-state index >= 15 is 0 Å². The van der Waals surface area contributed by atoms with Gasteiger partial charge in [-0.15, -0.1) is 0 Å². The Morgan fingerprint density at radius 1 is 1.27 bits per heavy atom. The van der Waals surface area contributed by atoms with Crippen molar-refractivity contribution in [1.29, 1.82) is 0 Å². The van der Waals surface area contributed by atoms with Gasteiger partial charge in [-0.05, 0) is 44.0 Å². The van der Waals surface area contributed by atoms with Gasteiger partial charge in [0.05, 0.1) is 26.9 Å². The number of fused-ring (bicyclic) bond motifs is 1. The highest BCUT2D eigenvalue weighted by Crippen LogP contribution is 2.30. The maximum Gasteiger partial charge on any atom is 0.260 e. The topological polar surface area (TPSA) is 92.5 Å². The Balaban J connectivity index is 1.62. The first-order valence-corrected chi connectivity index (χ1v) is 10.5. The average molecular weight is 391 g/mol. The van der Waals surface area contributed by atoms with Gasteiger partial charge in [-0.3, -0.25) is 10.1 Å². The van der Waals surface area contributed by atoms with Crippen LogP contribution >= 0.6 is 11.3 Å². The minimum Gasteiger partial charge on any atom is -0.469 e. The van der Waals surface area contributed by atoms with E-state index in [2.05, 4.69) is 10.3 Å². The van der Waals surface area contributed by atoms with E-state index < -0.39 is 10.0 Å². The lowest BCUT2D eigenvalue weighted by molar-refractivity contribution is 0.102.